The molecule has 2 heterocycles. The first-order valence-electron chi connectivity index (χ1n) is 8.38. The Morgan fingerprint density at radius 3 is 2.72 bits per heavy atom. The first-order chi connectivity index (χ1) is 12.0. The van der Waals surface area contributed by atoms with Crippen LogP contribution in [-0.4, -0.2) is 61.6 Å². The molecule has 0 saturated carbocycles. The van der Waals surface area contributed by atoms with E-state index in [1.807, 2.05) is 0 Å². The van der Waals surface area contributed by atoms with E-state index in [-0.39, 0.29) is 43.5 Å². The first kappa shape index (κ1) is 18.8. The van der Waals surface area contributed by atoms with Crippen molar-refractivity contribution >= 4 is 23.9 Å². The van der Waals surface area contributed by atoms with Crippen molar-refractivity contribution in [3.63, 3.8) is 0 Å². The number of nitrogens with one attached hydrogen (secondary N) is 2. The van der Waals surface area contributed by atoms with Gasteiger partial charge < -0.3 is 25.0 Å². The van der Waals surface area contributed by atoms with Crippen molar-refractivity contribution in [1.82, 2.24) is 15.5 Å². The Hall–Kier alpha value is -2.58. The number of esters is 2. The lowest BCUT2D eigenvalue weighted by Crippen LogP contribution is -2.45. The van der Waals surface area contributed by atoms with E-state index < -0.39 is 18.0 Å². The van der Waals surface area contributed by atoms with Gasteiger partial charge in [-0.3, -0.25) is 9.59 Å². The summed E-state index contributed by atoms with van der Waals surface area (Å²) in [6, 6.07) is -0.484. The predicted octanol–water partition coefficient (Wildman–Crippen LogP) is 0.0622. The van der Waals surface area contributed by atoms with Gasteiger partial charge in [-0.1, -0.05) is 6.42 Å². The standard InChI is InChI=1S/C16H23N3O6/c1-2-24-15(22)11-8-17-16(23)18-12(11)10-25-14(21)9-19-7-5-3-4-6-13(19)20/h2-10H2,1H3,(H2,17,18,23). The molecular weight excluding hydrogens is 330 g/mol. The third-order valence-corrected chi connectivity index (χ3v) is 3.95. The number of nitrogens with zero attached hydrogens (tertiary/aromatic N) is 1. The molecule has 0 atom stereocenters. The molecule has 0 aromatic carbocycles. The van der Waals surface area contributed by atoms with Crippen LogP contribution in [0.1, 0.15) is 32.6 Å². The quantitative estimate of drug-likeness (QED) is 0.653. The van der Waals surface area contributed by atoms with Gasteiger partial charge in [0.2, 0.25) is 5.91 Å². The molecule has 25 heavy (non-hydrogen) atoms. The highest BCUT2D eigenvalue weighted by molar-refractivity contribution is 5.93. The summed E-state index contributed by atoms with van der Waals surface area (Å²) in [6.45, 7) is 2.01. The molecule has 0 aromatic heterocycles. The van der Waals surface area contributed by atoms with E-state index in [1.54, 1.807) is 6.92 Å². The number of ether oxygens (including phenoxy) is 2. The molecule has 0 spiro atoms. The van der Waals surface area contributed by atoms with Crippen LogP contribution in [-0.2, 0) is 23.9 Å². The second kappa shape index (κ2) is 9.05. The number of hydrogen-bond acceptors (Lipinski definition) is 6. The molecule has 0 bridgehead atoms. The Bertz CT molecular complexity index is 586. The minimum Gasteiger partial charge on any atom is -0.463 e. The lowest BCUT2D eigenvalue weighted by Gasteiger charge is -2.22. The normalized spacial score (nSPS) is 18.2. The summed E-state index contributed by atoms with van der Waals surface area (Å²) in [5, 5.41) is 4.92. The second-order valence-corrected chi connectivity index (χ2v) is 5.77. The maximum absolute atomic E-state index is 12.0. The average molecular weight is 353 g/mol. The topological polar surface area (TPSA) is 114 Å². The molecule has 2 aliphatic rings. The Labute approximate surface area is 145 Å². The molecule has 0 unspecified atom stereocenters. The molecular formula is C16H23N3O6. The molecule has 9 nitrogen and oxygen atoms in total. The third kappa shape index (κ3) is 5.47. The fraction of sp³-hybridized carbons (Fsp3) is 0.625. The van der Waals surface area contributed by atoms with E-state index in [0.29, 0.717) is 13.0 Å². The van der Waals surface area contributed by atoms with Gasteiger partial charge in [0.1, 0.15) is 13.2 Å². The van der Waals surface area contributed by atoms with Gasteiger partial charge in [-0.15, -0.1) is 0 Å². The molecule has 2 rings (SSSR count). The maximum Gasteiger partial charge on any atom is 0.337 e. The number of hydrogen-bond donors (Lipinski definition) is 2. The van der Waals surface area contributed by atoms with Crippen LogP contribution in [0, 0.1) is 0 Å². The fourth-order valence-corrected chi connectivity index (χ4v) is 2.63. The molecule has 0 aromatic rings. The zero-order valence-corrected chi connectivity index (χ0v) is 14.3. The van der Waals surface area contributed by atoms with Gasteiger partial charge in [-0.25, -0.2) is 9.59 Å². The van der Waals surface area contributed by atoms with Gasteiger partial charge in [0, 0.05) is 13.0 Å². The fourth-order valence-electron chi connectivity index (χ4n) is 2.63. The summed E-state index contributed by atoms with van der Waals surface area (Å²) < 4.78 is 10.1. The van der Waals surface area contributed by atoms with Gasteiger partial charge in [0.15, 0.2) is 0 Å². The summed E-state index contributed by atoms with van der Waals surface area (Å²) in [6.07, 6.45) is 3.09. The Morgan fingerprint density at radius 1 is 1.16 bits per heavy atom. The zero-order chi connectivity index (χ0) is 18.2. The van der Waals surface area contributed by atoms with Crippen LogP contribution in [0.2, 0.25) is 0 Å². The van der Waals surface area contributed by atoms with Gasteiger partial charge in [0.25, 0.3) is 0 Å². The largest absolute Gasteiger partial charge is 0.463 e. The summed E-state index contributed by atoms with van der Waals surface area (Å²) in [5.74, 6) is -1.22. The number of amides is 3. The highest BCUT2D eigenvalue weighted by Gasteiger charge is 2.25. The highest BCUT2D eigenvalue weighted by Crippen LogP contribution is 2.12. The summed E-state index contributed by atoms with van der Waals surface area (Å²) in [5.41, 5.74) is 0.401. The summed E-state index contributed by atoms with van der Waals surface area (Å²) in [7, 11) is 0. The van der Waals surface area contributed by atoms with Crippen molar-refractivity contribution in [2.75, 3.05) is 32.8 Å². The molecule has 9 heteroatoms. The van der Waals surface area contributed by atoms with E-state index in [1.165, 1.54) is 4.90 Å². The number of likely N-dealkylation sites (tertiary alicyclic amines) is 1. The van der Waals surface area contributed by atoms with E-state index in [9.17, 15) is 19.2 Å². The Kier molecular flexibility index (Phi) is 6.79. The predicted molar refractivity (Wildman–Crippen MR) is 86.2 cm³/mol. The molecule has 0 radical (unpaired) electrons. The summed E-state index contributed by atoms with van der Waals surface area (Å²) in [4.78, 5) is 48.7. The smallest absolute Gasteiger partial charge is 0.337 e. The highest BCUT2D eigenvalue weighted by atomic mass is 16.5. The van der Waals surface area contributed by atoms with Gasteiger partial charge in [0.05, 0.1) is 24.4 Å². The molecule has 0 aliphatic carbocycles. The zero-order valence-electron chi connectivity index (χ0n) is 14.3. The second-order valence-electron chi connectivity index (χ2n) is 5.77. The van der Waals surface area contributed by atoms with Crippen LogP contribution in [0.4, 0.5) is 4.79 Å². The van der Waals surface area contributed by atoms with Gasteiger partial charge in [-0.2, -0.15) is 0 Å². The van der Waals surface area contributed by atoms with E-state index in [4.69, 9.17) is 9.47 Å². The lowest BCUT2D eigenvalue weighted by molar-refractivity contribution is -0.148. The number of rotatable bonds is 6. The van der Waals surface area contributed by atoms with E-state index in [2.05, 4.69) is 10.6 Å². The van der Waals surface area contributed by atoms with Crippen LogP contribution in [0.3, 0.4) is 0 Å². The monoisotopic (exact) mass is 353 g/mol. The summed E-state index contributed by atoms with van der Waals surface area (Å²) >= 11 is 0. The Balaban J connectivity index is 1.94. The van der Waals surface area contributed by atoms with Crippen molar-refractivity contribution in [3.8, 4) is 0 Å². The van der Waals surface area contributed by atoms with Crippen LogP contribution in [0.5, 0.6) is 0 Å². The molecule has 1 fully saturated rings. The molecule has 2 aliphatic heterocycles. The number of carbonyl (C=O) groups is 4. The maximum atomic E-state index is 12.0. The van der Waals surface area contributed by atoms with Crippen molar-refractivity contribution in [2.24, 2.45) is 0 Å². The van der Waals surface area contributed by atoms with Crippen molar-refractivity contribution in [1.29, 1.82) is 0 Å². The molecule has 138 valence electrons. The van der Waals surface area contributed by atoms with Crippen LogP contribution in [0.15, 0.2) is 11.3 Å². The van der Waals surface area contributed by atoms with Crippen LogP contribution < -0.4 is 10.6 Å². The Morgan fingerprint density at radius 2 is 1.96 bits per heavy atom. The van der Waals surface area contributed by atoms with Crippen molar-refractivity contribution in [2.45, 2.75) is 32.6 Å². The molecule has 3 amide bonds. The minimum absolute atomic E-state index is 0.00214. The average Bonchev–Trinajstić information content (AvgIpc) is 2.78. The third-order valence-electron chi connectivity index (χ3n) is 3.95. The molecule has 1 saturated heterocycles. The van der Waals surface area contributed by atoms with E-state index in [0.717, 1.165) is 19.3 Å². The van der Waals surface area contributed by atoms with E-state index >= 15 is 0 Å². The minimum atomic E-state index is -0.584. The molecule has 2 N–H and O–H groups in total. The van der Waals surface area contributed by atoms with Crippen molar-refractivity contribution in [3.05, 3.63) is 11.3 Å². The van der Waals surface area contributed by atoms with Crippen LogP contribution >= 0.6 is 0 Å². The van der Waals surface area contributed by atoms with Crippen LogP contribution in [0.25, 0.3) is 0 Å². The van der Waals surface area contributed by atoms with Crippen molar-refractivity contribution < 1.29 is 28.7 Å². The first-order valence-corrected chi connectivity index (χ1v) is 8.38. The lowest BCUT2D eigenvalue weighted by atomic mass is 10.2. The van der Waals surface area contributed by atoms with Gasteiger partial charge >= 0.3 is 18.0 Å². The number of carbonyl (C=O) groups excluding carboxylic acids is 4. The number of urea groups is 1. The SMILES string of the molecule is CCOC(=O)C1=C(COC(=O)CN2CCCCCC2=O)NC(=O)NC1. The van der Waals surface area contributed by atoms with Gasteiger partial charge in [-0.05, 0) is 19.8 Å².